The van der Waals surface area contributed by atoms with E-state index in [0.717, 1.165) is 17.8 Å². The van der Waals surface area contributed by atoms with Crippen LogP contribution >= 0.6 is 11.3 Å². The van der Waals surface area contributed by atoms with Gasteiger partial charge in [-0.25, -0.2) is 4.68 Å². The summed E-state index contributed by atoms with van der Waals surface area (Å²) in [6.45, 7) is 3.80. The smallest absolute Gasteiger partial charge is 0.247 e. The van der Waals surface area contributed by atoms with Gasteiger partial charge in [-0.3, -0.25) is 4.79 Å². The Balaban J connectivity index is 2.01. The van der Waals surface area contributed by atoms with Crippen molar-refractivity contribution >= 4 is 17.2 Å². The summed E-state index contributed by atoms with van der Waals surface area (Å²) in [5, 5.41) is 6.21. The fourth-order valence-corrected chi connectivity index (χ4v) is 2.38. The highest BCUT2D eigenvalue weighted by Gasteiger charge is 2.10. The molecule has 0 N–H and O–H groups in total. The van der Waals surface area contributed by atoms with Crippen molar-refractivity contribution in [3.63, 3.8) is 0 Å². The van der Waals surface area contributed by atoms with Gasteiger partial charge in [0.25, 0.3) is 0 Å². The maximum absolute atomic E-state index is 11.9. The van der Waals surface area contributed by atoms with Gasteiger partial charge in [-0.05, 0) is 37.8 Å². The molecule has 0 aliphatic rings. The molecule has 4 heteroatoms. The van der Waals surface area contributed by atoms with E-state index in [2.05, 4.69) is 11.2 Å². The molecule has 84 valence electrons. The van der Waals surface area contributed by atoms with Crippen molar-refractivity contribution in [2.24, 2.45) is 0 Å². The molecule has 2 heterocycles. The van der Waals surface area contributed by atoms with Gasteiger partial charge in [0.2, 0.25) is 5.91 Å². The van der Waals surface area contributed by atoms with Crippen LogP contribution in [0.15, 0.2) is 23.6 Å². The van der Waals surface area contributed by atoms with Gasteiger partial charge in [0.05, 0.1) is 5.69 Å². The van der Waals surface area contributed by atoms with Gasteiger partial charge in [-0.1, -0.05) is 6.07 Å². The maximum Gasteiger partial charge on any atom is 0.247 e. The number of aromatic nitrogens is 2. The summed E-state index contributed by atoms with van der Waals surface area (Å²) in [5.41, 5.74) is 1.80. The second-order valence-corrected chi connectivity index (χ2v) is 4.84. The molecule has 2 aromatic rings. The number of thiophene rings is 1. The summed E-state index contributed by atoms with van der Waals surface area (Å²) in [7, 11) is 0. The van der Waals surface area contributed by atoms with Crippen LogP contribution in [-0.4, -0.2) is 15.7 Å². The lowest BCUT2D eigenvalue weighted by molar-refractivity contribution is 0.0884. The third-order valence-corrected chi connectivity index (χ3v) is 3.35. The van der Waals surface area contributed by atoms with E-state index in [-0.39, 0.29) is 5.91 Å². The summed E-state index contributed by atoms with van der Waals surface area (Å²) < 4.78 is 1.50. The van der Waals surface area contributed by atoms with Crippen LogP contribution in [0, 0.1) is 13.8 Å². The molecule has 2 aromatic heterocycles. The van der Waals surface area contributed by atoms with Crippen LogP contribution in [-0.2, 0) is 6.42 Å². The fourth-order valence-electron chi connectivity index (χ4n) is 1.67. The van der Waals surface area contributed by atoms with Crippen molar-refractivity contribution in [1.82, 2.24) is 9.78 Å². The van der Waals surface area contributed by atoms with Crippen molar-refractivity contribution in [2.75, 3.05) is 0 Å². The molecule has 3 nitrogen and oxygen atoms in total. The highest BCUT2D eigenvalue weighted by Crippen LogP contribution is 2.12. The third-order valence-electron chi connectivity index (χ3n) is 2.41. The predicted molar refractivity (Wildman–Crippen MR) is 65.0 cm³/mol. The Morgan fingerprint density at radius 3 is 2.88 bits per heavy atom. The molecule has 0 fully saturated rings. The van der Waals surface area contributed by atoms with Gasteiger partial charge < -0.3 is 0 Å². The summed E-state index contributed by atoms with van der Waals surface area (Å²) in [4.78, 5) is 13.1. The van der Waals surface area contributed by atoms with E-state index in [0.29, 0.717) is 6.42 Å². The fraction of sp³-hybridized carbons (Fsp3) is 0.333. The Morgan fingerprint density at radius 1 is 1.50 bits per heavy atom. The first-order chi connectivity index (χ1) is 7.66. The van der Waals surface area contributed by atoms with Crippen LogP contribution in [0.25, 0.3) is 0 Å². The van der Waals surface area contributed by atoms with Gasteiger partial charge in [0.1, 0.15) is 0 Å². The van der Waals surface area contributed by atoms with Gasteiger partial charge in [0, 0.05) is 17.0 Å². The molecule has 0 spiro atoms. The molecule has 2 rings (SSSR count). The topological polar surface area (TPSA) is 34.9 Å². The quantitative estimate of drug-likeness (QED) is 0.818. The number of aryl methyl sites for hydroxylation is 3. The van der Waals surface area contributed by atoms with E-state index in [1.165, 1.54) is 9.56 Å². The zero-order chi connectivity index (χ0) is 11.5. The monoisotopic (exact) mass is 234 g/mol. The lowest BCUT2D eigenvalue weighted by Crippen LogP contribution is -2.14. The standard InChI is InChI=1S/C12H14N2OS/c1-9-8-10(2)14(13-9)12(15)6-5-11-4-3-7-16-11/h3-4,7-8H,5-6H2,1-2H3. The van der Waals surface area contributed by atoms with E-state index in [4.69, 9.17) is 0 Å². The summed E-state index contributed by atoms with van der Waals surface area (Å²) in [6, 6.07) is 5.98. The average Bonchev–Trinajstić information content (AvgIpc) is 2.84. The zero-order valence-electron chi connectivity index (χ0n) is 9.43. The van der Waals surface area contributed by atoms with Gasteiger partial charge in [-0.2, -0.15) is 5.10 Å². The molecule has 0 bridgehead atoms. The Morgan fingerprint density at radius 2 is 2.31 bits per heavy atom. The number of nitrogens with zero attached hydrogens (tertiary/aromatic N) is 2. The summed E-state index contributed by atoms with van der Waals surface area (Å²) in [5.74, 6) is 0.0685. The van der Waals surface area contributed by atoms with Crippen LogP contribution in [0.3, 0.4) is 0 Å². The molecule has 0 aromatic carbocycles. The van der Waals surface area contributed by atoms with Crippen molar-refractivity contribution in [1.29, 1.82) is 0 Å². The van der Waals surface area contributed by atoms with E-state index in [1.807, 2.05) is 31.4 Å². The molecule has 0 aliphatic carbocycles. The van der Waals surface area contributed by atoms with E-state index >= 15 is 0 Å². The van der Waals surface area contributed by atoms with Crippen molar-refractivity contribution < 1.29 is 4.79 Å². The van der Waals surface area contributed by atoms with Crippen LogP contribution in [0.5, 0.6) is 0 Å². The van der Waals surface area contributed by atoms with Crippen LogP contribution in [0.1, 0.15) is 27.5 Å². The van der Waals surface area contributed by atoms with E-state index < -0.39 is 0 Å². The Bertz CT molecular complexity index is 485. The average molecular weight is 234 g/mol. The normalized spacial score (nSPS) is 10.6. The van der Waals surface area contributed by atoms with Crippen molar-refractivity contribution in [3.8, 4) is 0 Å². The molecule has 0 radical (unpaired) electrons. The minimum absolute atomic E-state index is 0.0685. The predicted octanol–water partition coefficient (Wildman–Crippen LogP) is 2.83. The molecule has 0 saturated heterocycles. The summed E-state index contributed by atoms with van der Waals surface area (Å²) >= 11 is 1.69. The Hall–Kier alpha value is -1.42. The molecule has 0 unspecified atom stereocenters. The highest BCUT2D eigenvalue weighted by molar-refractivity contribution is 7.09. The van der Waals surface area contributed by atoms with Crippen molar-refractivity contribution in [2.45, 2.75) is 26.7 Å². The first kappa shape index (κ1) is 11.1. The zero-order valence-corrected chi connectivity index (χ0v) is 10.3. The number of carbonyl (C=O) groups excluding carboxylic acids is 1. The molecule has 0 aliphatic heterocycles. The largest absolute Gasteiger partial charge is 0.273 e. The van der Waals surface area contributed by atoms with Crippen LogP contribution < -0.4 is 0 Å². The molecular weight excluding hydrogens is 220 g/mol. The maximum atomic E-state index is 11.9. The molecule has 0 amide bonds. The third kappa shape index (κ3) is 2.39. The molecule has 0 saturated carbocycles. The van der Waals surface area contributed by atoms with Crippen LogP contribution in [0.4, 0.5) is 0 Å². The lowest BCUT2D eigenvalue weighted by Gasteiger charge is -2.01. The van der Waals surface area contributed by atoms with E-state index in [1.54, 1.807) is 11.3 Å². The van der Waals surface area contributed by atoms with Gasteiger partial charge in [0.15, 0.2) is 0 Å². The van der Waals surface area contributed by atoms with Crippen LogP contribution in [0.2, 0.25) is 0 Å². The number of hydrogen-bond donors (Lipinski definition) is 0. The highest BCUT2D eigenvalue weighted by atomic mass is 32.1. The molecular formula is C12H14N2OS. The Kier molecular flexibility index (Phi) is 3.19. The Labute approximate surface area is 98.7 Å². The second kappa shape index (κ2) is 4.61. The molecule has 0 atom stereocenters. The second-order valence-electron chi connectivity index (χ2n) is 3.81. The van der Waals surface area contributed by atoms with Gasteiger partial charge >= 0.3 is 0 Å². The first-order valence-electron chi connectivity index (χ1n) is 5.25. The minimum Gasteiger partial charge on any atom is -0.273 e. The van der Waals surface area contributed by atoms with E-state index in [9.17, 15) is 4.79 Å². The van der Waals surface area contributed by atoms with Crippen molar-refractivity contribution in [3.05, 3.63) is 39.8 Å². The van der Waals surface area contributed by atoms with Gasteiger partial charge in [-0.15, -0.1) is 11.3 Å². The number of carbonyl (C=O) groups is 1. The SMILES string of the molecule is Cc1cc(C)n(C(=O)CCc2cccs2)n1. The number of hydrogen-bond acceptors (Lipinski definition) is 3. The summed E-state index contributed by atoms with van der Waals surface area (Å²) in [6.07, 6.45) is 1.32. The molecule has 16 heavy (non-hydrogen) atoms. The minimum atomic E-state index is 0.0685. The lowest BCUT2D eigenvalue weighted by atomic mass is 10.2. The first-order valence-corrected chi connectivity index (χ1v) is 6.13. The number of rotatable bonds is 3.